The lowest BCUT2D eigenvalue weighted by Crippen LogP contribution is -2.39. The van der Waals surface area contributed by atoms with E-state index >= 15 is 0 Å². The lowest BCUT2D eigenvalue weighted by Gasteiger charge is -2.35. The maximum atomic E-state index is 13.9. The summed E-state index contributed by atoms with van der Waals surface area (Å²) in [7, 11) is -3.81. The SMILES string of the molecule is CS(=O)(=O)c1cccc(N2CCOC(c3cc(F)c(Cl)cc3Cl)C2)c1[N+](=O)[O-]. The molecule has 0 radical (unpaired) electrons. The van der Waals surface area contributed by atoms with E-state index in [4.69, 9.17) is 27.9 Å². The van der Waals surface area contributed by atoms with E-state index < -0.39 is 32.4 Å². The van der Waals surface area contributed by atoms with Crippen LogP contribution in [0.4, 0.5) is 15.8 Å². The minimum Gasteiger partial charge on any atom is -0.370 e. The van der Waals surface area contributed by atoms with Crippen LogP contribution in [0, 0.1) is 15.9 Å². The second kappa shape index (κ2) is 7.82. The van der Waals surface area contributed by atoms with Gasteiger partial charge in [-0.25, -0.2) is 12.8 Å². The third-order valence-corrected chi connectivity index (χ3v) is 6.10. The van der Waals surface area contributed by atoms with E-state index in [9.17, 15) is 22.9 Å². The second-order valence-electron chi connectivity index (χ2n) is 6.25. The predicted molar refractivity (Wildman–Crippen MR) is 104 cm³/mol. The van der Waals surface area contributed by atoms with Crippen molar-refractivity contribution in [1.29, 1.82) is 0 Å². The topological polar surface area (TPSA) is 89.8 Å². The van der Waals surface area contributed by atoms with Crippen molar-refractivity contribution < 1.29 is 22.5 Å². The highest BCUT2D eigenvalue weighted by molar-refractivity contribution is 7.90. The molecular weight excluding hydrogens is 434 g/mol. The van der Waals surface area contributed by atoms with Crippen LogP contribution < -0.4 is 4.90 Å². The third-order valence-electron chi connectivity index (χ3n) is 4.35. The number of nitro benzene ring substituents is 1. The van der Waals surface area contributed by atoms with Gasteiger partial charge in [0.05, 0.1) is 16.6 Å². The van der Waals surface area contributed by atoms with Crippen molar-refractivity contribution in [2.75, 3.05) is 30.9 Å². The first-order valence-corrected chi connectivity index (χ1v) is 10.7. The summed E-state index contributed by atoms with van der Waals surface area (Å²) in [6.45, 7) is 0.596. The largest absolute Gasteiger partial charge is 0.370 e. The molecule has 11 heteroatoms. The first kappa shape index (κ1) is 20.8. The van der Waals surface area contributed by atoms with E-state index in [0.717, 1.165) is 6.26 Å². The molecule has 3 rings (SSSR count). The molecule has 0 amide bonds. The minimum absolute atomic E-state index is 0.120. The number of anilines is 1. The van der Waals surface area contributed by atoms with Crippen molar-refractivity contribution in [1.82, 2.24) is 0 Å². The fourth-order valence-electron chi connectivity index (χ4n) is 3.09. The summed E-state index contributed by atoms with van der Waals surface area (Å²) in [6.07, 6.45) is 0.242. The van der Waals surface area contributed by atoms with Crippen molar-refractivity contribution in [3.8, 4) is 0 Å². The first-order chi connectivity index (χ1) is 13.1. The number of hydrogen-bond acceptors (Lipinski definition) is 6. The van der Waals surface area contributed by atoms with Gasteiger partial charge in [0.15, 0.2) is 9.84 Å². The van der Waals surface area contributed by atoms with Crippen LogP contribution in [-0.2, 0) is 14.6 Å². The smallest absolute Gasteiger partial charge is 0.311 e. The predicted octanol–water partition coefficient (Wildman–Crippen LogP) is 4.02. The van der Waals surface area contributed by atoms with Gasteiger partial charge in [-0.15, -0.1) is 0 Å². The molecule has 150 valence electrons. The Morgan fingerprint density at radius 2 is 2.00 bits per heavy atom. The summed E-state index contributed by atoms with van der Waals surface area (Å²) in [6, 6.07) is 6.54. The van der Waals surface area contributed by atoms with Crippen LogP contribution in [0.25, 0.3) is 0 Å². The molecule has 0 saturated carbocycles. The van der Waals surface area contributed by atoms with Crippen molar-refractivity contribution in [3.63, 3.8) is 0 Å². The minimum atomic E-state index is -3.81. The average molecular weight is 449 g/mol. The molecule has 1 unspecified atom stereocenters. The van der Waals surface area contributed by atoms with Gasteiger partial charge in [-0.3, -0.25) is 10.1 Å². The standard InChI is InChI=1S/C17H15Cl2FN2O5S/c1-28(25,26)16-4-2-3-14(17(16)22(23)24)21-5-6-27-15(9-21)10-7-13(20)12(19)8-11(10)18/h2-4,7-8,15H,5-6,9H2,1H3. The van der Waals surface area contributed by atoms with Gasteiger partial charge in [0, 0.05) is 29.9 Å². The summed E-state index contributed by atoms with van der Waals surface area (Å²) >= 11 is 11.9. The number of ether oxygens (including phenoxy) is 1. The molecule has 0 aromatic heterocycles. The van der Waals surface area contributed by atoms with Gasteiger partial charge in [0.1, 0.15) is 22.5 Å². The fourth-order valence-corrected chi connectivity index (χ4v) is 4.45. The summed E-state index contributed by atoms with van der Waals surface area (Å²) in [5.74, 6) is -0.660. The van der Waals surface area contributed by atoms with Crippen LogP contribution in [0.5, 0.6) is 0 Å². The number of para-hydroxylation sites is 1. The van der Waals surface area contributed by atoms with Crippen LogP contribution in [0.2, 0.25) is 10.0 Å². The molecule has 0 spiro atoms. The number of benzene rings is 2. The maximum Gasteiger partial charge on any atom is 0.311 e. The van der Waals surface area contributed by atoms with Crippen LogP contribution in [0.15, 0.2) is 35.2 Å². The van der Waals surface area contributed by atoms with Crippen LogP contribution in [0.1, 0.15) is 11.7 Å². The van der Waals surface area contributed by atoms with Crippen LogP contribution in [-0.4, -0.2) is 39.3 Å². The van der Waals surface area contributed by atoms with Gasteiger partial charge < -0.3 is 9.64 Å². The van der Waals surface area contributed by atoms with E-state index in [1.54, 1.807) is 4.90 Å². The van der Waals surface area contributed by atoms with Crippen LogP contribution in [0.3, 0.4) is 0 Å². The highest BCUT2D eigenvalue weighted by Gasteiger charge is 2.32. The second-order valence-corrected chi connectivity index (χ2v) is 9.04. The molecule has 1 fully saturated rings. The Labute approximate surface area is 170 Å². The Hall–Kier alpha value is -1.94. The monoisotopic (exact) mass is 448 g/mol. The summed E-state index contributed by atoms with van der Waals surface area (Å²) in [5, 5.41) is 11.7. The third kappa shape index (κ3) is 4.07. The van der Waals surface area contributed by atoms with Crippen molar-refractivity contribution in [2.24, 2.45) is 0 Å². The number of sulfone groups is 1. The van der Waals surface area contributed by atoms with Crippen molar-refractivity contribution in [3.05, 3.63) is 61.9 Å². The highest BCUT2D eigenvalue weighted by atomic mass is 35.5. The Morgan fingerprint density at radius 3 is 2.64 bits per heavy atom. The number of morpholine rings is 1. The number of hydrogen-bond donors (Lipinski definition) is 0. The van der Waals surface area contributed by atoms with E-state index in [0.29, 0.717) is 5.56 Å². The van der Waals surface area contributed by atoms with Gasteiger partial charge >= 0.3 is 5.69 Å². The first-order valence-electron chi connectivity index (χ1n) is 8.08. The molecule has 7 nitrogen and oxygen atoms in total. The van der Waals surface area contributed by atoms with Crippen molar-refractivity contribution in [2.45, 2.75) is 11.0 Å². The number of nitrogens with zero attached hydrogens (tertiary/aromatic N) is 2. The highest BCUT2D eigenvalue weighted by Crippen LogP contribution is 2.38. The summed E-state index contributed by atoms with van der Waals surface area (Å²) < 4.78 is 43.5. The fraction of sp³-hybridized carbons (Fsp3) is 0.294. The lowest BCUT2D eigenvalue weighted by atomic mass is 10.1. The number of halogens is 3. The summed E-state index contributed by atoms with van der Waals surface area (Å²) in [4.78, 5) is 12.2. The molecule has 1 atom stereocenters. The van der Waals surface area contributed by atoms with E-state index in [1.165, 1.54) is 30.3 Å². The van der Waals surface area contributed by atoms with Crippen LogP contribution >= 0.6 is 23.2 Å². The average Bonchev–Trinajstić information content (AvgIpc) is 2.63. The maximum absolute atomic E-state index is 13.9. The number of rotatable bonds is 4. The molecule has 1 aliphatic rings. The van der Waals surface area contributed by atoms with E-state index in [1.807, 2.05) is 0 Å². The Balaban J connectivity index is 2.02. The zero-order valence-electron chi connectivity index (χ0n) is 14.6. The summed E-state index contributed by atoms with van der Waals surface area (Å²) in [5.41, 5.74) is 0.000930. The molecule has 28 heavy (non-hydrogen) atoms. The Kier molecular flexibility index (Phi) is 5.81. The molecular formula is C17H15Cl2FN2O5S. The molecule has 0 bridgehead atoms. The van der Waals surface area contributed by atoms with E-state index in [-0.39, 0.29) is 40.3 Å². The van der Waals surface area contributed by atoms with Gasteiger partial charge in [0.2, 0.25) is 0 Å². The molecule has 1 heterocycles. The van der Waals surface area contributed by atoms with E-state index in [2.05, 4.69) is 0 Å². The molecule has 0 aliphatic carbocycles. The molecule has 1 saturated heterocycles. The lowest BCUT2D eigenvalue weighted by molar-refractivity contribution is -0.387. The number of nitro groups is 1. The Bertz CT molecular complexity index is 1050. The molecule has 0 N–H and O–H groups in total. The molecule has 1 aliphatic heterocycles. The van der Waals surface area contributed by atoms with Gasteiger partial charge in [0.25, 0.3) is 0 Å². The van der Waals surface area contributed by atoms with Crippen molar-refractivity contribution >= 4 is 44.4 Å². The molecule has 2 aromatic carbocycles. The van der Waals surface area contributed by atoms with Gasteiger partial charge in [-0.2, -0.15) is 0 Å². The Morgan fingerprint density at radius 1 is 1.29 bits per heavy atom. The normalized spacial score (nSPS) is 17.6. The zero-order chi connectivity index (χ0) is 20.6. The van der Waals surface area contributed by atoms with Gasteiger partial charge in [-0.05, 0) is 24.3 Å². The molecule has 2 aromatic rings. The van der Waals surface area contributed by atoms with Gasteiger partial charge in [-0.1, -0.05) is 29.3 Å². The zero-order valence-corrected chi connectivity index (χ0v) is 16.9. The quantitative estimate of drug-likeness (QED) is 0.398.